The zero-order chi connectivity index (χ0) is 19.2. The molecule has 1 saturated heterocycles. The van der Waals surface area contributed by atoms with Crippen molar-refractivity contribution < 1.29 is 14.3 Å². The Hall–Kier alpha value is -1.76. The van der Waals surface area contributed by atoms with Gasteiger partial charge in [0.15, 0.2) is 5.88 Å². The quantitative estimate of drug-likeness (QED) is 0.672. The zero-order valence-electron chi connectivity index (χ0n) is 16.4. The van der Waals surface area contributed by atoms with E-state index in [0.717, 1.165) is 18.9 Å². The highest BCUT2D eigenvalue weighted by Gasteiger charge is 2.30. The first kappa shape index (κ1) is 20.0. The minimum absolute atomic E-state index is 0.0773. The van der Waals surface area contributed by atoms with Crippen LogP contribution in [0.25, 0.3) is 0 Å². The molecule has 0 aromatic carbocycles. The van der Waals surface area contributed by atoms with E-state index in [4.69, 9.17) is 9.47 Å². The van der Waals surface area contributed by atoms with Crippen molar-refractivity contribution in [3.63, 3.8) is 0 Å². The average Bonchev–Trinajstić information content (AvgIpc) is 3.26. The highest BCUT2D eigenvalue weighted by Crippen LogP contribution is 2.28. The van der Waals surface area contributed by atoms with Crippen molar-refractivity contribution in [2.24, 2.45) is 5.92 Å². The fraction of sp³-hybridized carbons (Fsp3) is 0.700. The highest BCUT2D eigenvalue weighted by atomic mass is 32.1. The number of aromatic nitrogens is 1. The monoisotopic (exact) mass is 393 g/mol. The molecule has 0 bridgehead atoms. The van der Waals surface area contributed by atoms with Gasteiger partial charge in [0, 0.05) is 12.6 Å². The summed E-state index contributed by atoms with van der Waals surface area (Å²) >= 11 is 1.25. The maximum Gasteiger partial charge on any atom is 0.277 e. The van der Waals surface area contributed by atoms with Crippen LogP contribution >= 0.6 is 11.3 Å². The molecule has 1 amide bonds. The normalized spacial score (nSPS) is 20.8. The maximum absolute atomic E-state index is 12.3. The molecule has 3 rings (SSSR count). The fourth-order valence-electron chi connectivity index (χ4n) is 3.76. The van der Waals surface area contributed by atoms with Crippen molar-refractivity contribution in [1.82, 2.24) is 15.2 Å². The molecule has 2 aliphatic rings. The van der Waals surface area contributed by atoms with Crippen molar-refractivity contribution in [2.45, 2.75) is 71.1 Å². The minimum Gasteiger partial charge on any atom is -0.438 e. The van der Waals surface area contributed by atoms with Crippen LogP contribution in [0.4, 0.5) is 0 Å². The minimum atomic E-state index is -0.433. The summed E-state index contributed by atoms with van der Waals surface area (Å²) < 4.78 is 11.4. The molecule has 1 N–H and O–H groups in total. The van der Waals surface area contributed by atoms with Gasteiger partial charge in [0.25, 0.3) is 17.4 Å². The Kier molecular flexibility index (Phi) is 6.99. The Morgan fingerprint density at radius 3 is 2.93 bits per heavy atom. The highest BCUT2D eigenvalue weighted by molar-refractivity contribution is 7.15. The fourth-order valence-corrected chi connectivity index (χ4v) is 4.48. The second-order valence-corrected chi connectivity index (χ2v) is 8.69. The van der Waals surface area contributed by atoms with Crippen LogP contribution < -0.4 is 10.1 Å². The summed E-state index contributed by atoms with van der Waals surface area (Å²) in [4.78, 5) is 19.1. The first-order valence-corrected chi connectivity index (χ1v) is 10.9. The molecule has 0 radical (unpaired) electrons. The van der Waals surface area contributed by atoms with Crippen molar-refractivity contribution >= 4 is 17.2 Å². The average molecular weight is 394 g/mol. The lowest BCUT2D eigenvalue weighted by atomic mass is 9.86. The summed E-state index contributed by atoms with van der Waals surface area (Å²) in [6.45, 7) is 9.39. The third-order valence-electron chi connectivity index (χ3n) is 5.30. The van der Waals surface area contributed by atoms with Crippen LogP contribution in [0.2, 0.25) is 0 Å². The molecule has 150 valence electrons. The van der Waals surface area contributed by atoms with Crippen molar-refractivity contribution in [3.8, 4) is 5.19 Å². The second-order valence-electron chi connectivity index (χ2n) is 7.70. The van der Waals surface area contributed by atoms with Crippen molar-refractivity contribution in [2.75, 3.05) is 13.1 Å². The smallest absolute Gasteiger partial charge is 0.277 e. The molecule has 7 heteroatoms. The number of nitrogens with one attached hydrogen (secondary N) is 1. The van der Waals surface area contributed by atoms with Gasteiger partial charge in [-0.1, -0.05) is 43.4 Å². The topological polar surface area (TPSA) is 63.7 Å². The summed E-state index contributed by atoms with van der Waals surface area (Å²) in [5.41, 5.74) is 0. The predicted molar refractivity (Wildman–Crippen MR) is 107 cm³/mol. The number of nitrogens with zero attached hydrogens (tertiary/aromatic N) is 2. The van der Waals surface area contributed by atoms with E-state index in [1.54, 1.807) is 6.20 Å². The lowest BCUT2D eigenvalue weighted by Gasteiger charge is -2.21. The van der Waals surface area contributed by atoms with Gasteiger partial charge >= 0.3 is 0 Å². The van der Waals surface area contributed by atoms with Crippen molar-refractivity contribution in [3.05, 3.63) is 23.5 Å². The Bertz CT molecular complexity index is 640. The molecule has 0 spiro atoms. The molecule has 6 nitrogen and oxygen atoms in total. The van der Waals surface area contributed by atoms with Gasteiger partial charge in [0.2, 0.25) is 0 Å². The van der Waals surface area contributed by atoms with Crippen LogP contribution in [0.1, 0.15) is 68.5 Å². The number of thiazole rings is 1. The number of carbonyl (C=O) groups excluding carboxylic acids is 1. The summed E-state index contributed by atoms with van der Waals surface area (Å²) in [5, 5.41) is 3.45. The lowest BCUT2D eigenvalue weighted by Crippen LogP contribution is -2.29. The molecule has 1 atom stereocenters. The van der Waals surface area contributed by atoms with Gasteiger partial charge in [-0.3, -0.25) is 4.79 Å². The van der Waals surface area contributed by atoms with E-state index in [1.807, 2.05) is 4.90 Å². The Balaban J connectivity index is 1.39. The standard InChI is InChI=1S/C20H31N3O3S/c1-14(2)23-13-18(25-15(23)3)26-20-22-12-17(27-20)19(24)21-11-7-10-16-8-5-4-6-9-16/h12,14,16,18H,3-11,13H2,1-2H3,(H,21,24). The summed E-state index contributed by atoms with van der Waals surface area (Å²) in [7, 11) is 0. The Morgan fingerprint density at radius 2 is 2.22 bits per heavy atom. The van der Waals surface area contributed by atoms with Gasteiger partial charge in [-0.2, -0.15) is 0 Å². The number of rotatable bonds is 8. The number of amides is 1. The lowest BCUT2D eigenvalue weighted by molar-refractivity contribution is -0.00478. The molecule has 1 unspecified atom stereocenters. The summed E-state index contributed by atoms with van der Waals surface area (Å²) in [5.74, 6) is 1.39. The predicted octanol–water partition coefficient (Wildman–Crippen LogP) is 4.15. The van der Waals surface area contributed by atoms with Gasteiger partial charge in [-0.25, -0.2) is 4.98 Å². The summed E-state index contributed by atoms with van der Waals surface area (Å²) in [6.07, 6.45) is 10.2. The first-order chi connectivity index (χ1) is 13.0. The zero-order valence-corrected chi connectivity index (χ0v) is 17.2. The van der Waals surface area contributed by atoms with E-state index >= 15 is 0 Å². The molecule has 27 heavy (non-hydrogen) atoms. The molecular weight excluding hydrogens is 362 g/mol. The molecule has 1 saturated carbocycles. The van der Waals surface area contributed by atoms with Gasteiger partial charge < -0.3 is 19.7 Å². The van der Waals surface area contributed by atoms with E-state index in [-0.39, 0.29) is 5.91 Å². The van der Waals surface area contributed by atoms with Crippen LogP contribution in [-0.4, -0.2) is 41.2 Å². The van der Waals surface area contributed by atoms with Crippen LogP contribution in [0.5, 0.6) is 5.19 Å². The van der Waals surface area contributed by atoms with E-state index in [9.17, 15) is 4.79 Å². The molecular formula is C20H31N3O3S. The number of ether oxygens (including phenoxy) is 2. The SMILES string of the molecule is C=C1OC(Oc2ncc(C(=O)NCCCC3CCCCC3)s2)CN1C(C)C. The van der Waals surface area contributed by atoms with E-state index in [2.05, 4.69) is 30.7 Å². The largest absolute Gasteiger partial charge is 0.438 e. The van der Waals surface area contributed by atoms with Crippen molar-refractivity contribution in [1.29, 1.82) is 0 Å². The number of hydrogen-bond acceptors (Lipinski definition) is 6. The van der Waals surface area contributed by atoms with Crippen LogP contribution in [0.3, 0.4) is 0 Å². The third-order valence-corrected chi connectivity index (χ3v) is 6.18. The van der Waals surface area contributed by atoms with Gasteiger partial charge in [0.05, 0.1) is 12.7 Å². The summed E-state index contributed by atoms with van der Waals surface area (Å²) in [6, 6.07) is 0.303. The third kappa shape index (κ3) is 5.61. The van der Waals surface area contributed by atoms with Crippen LogP contribution in [0.15, 0.2) is 18.7 Å². The van der Waals surface area contributed by atoms with Gasteiger partial charge in [0.1, 0.15) is 4.88 Å². The van der Waals surface area contributed by atoms with E-state index in [1.165, 1.54) is 49.9 Å². The molecule has 2 fully saturated rings. The Labute approximate surface area is 165 Å². The molecule has 1 aliphatic carbocycles. The molecule has 1 aromatic heterocycles. The van der Waals surface area contributed by atoms with Gasteiger partial charge in [-0.15, -0.1) is 0 Å². The van der Waals surface area contributed by atoms with E-state index in [0.29, 0.717) is 28.5 Å². The van der Waals surface area contributed by atoms with Crippen LogP contribution in [-0.2, 0) is 4.74 Å². The Morgan fingerprint density at radius 1 is 1.44 bits per heavy atom. The van der Waals surface area contributed by atoms with E-state index < -0.39 is 6.29 Å². The van der Waals surface area contributed by atoms with Crippen LogP contribution in [0, 0.1) is 5.92 Å². The maximum atomic E-state index is 12.3. The first-order valence-electron chi connectivity index (χ1n) is 10.1. The number of carbonyl (C=O) groups is 1. The molecule has 1 aromatic rings. The van der Waals surface area contributed by atoms with Gasteiger partial charge in [-0.05, 0) is 39.2 Å². The number of hydrogen-bond donors (Lipinski definition) is 1. The second kappa shape index (κ2) is 9.44. The molecule has 2 heterocycles. The molecule has 1 aliphatic heterocycles.